The van der Waals surface area contributed by atoms with Crippen LogP contribution in [0.25, 0.3) is 0 Å². The number of halogens is 3. The van der Waals surface area contributed by atoms with Gasteiger partial charge in [0, 0.05) is 18.1 Å². The zero-order valence-electron chi connectivity index (χ0n) is 13.0. The van der Waals surface area contributed by atoms with E-state index in [0.717, 1.165) is 0 Å². The molecule has 0 radical (unpaired) electrons. The largest absolute Gasteiger partial charge is 0.471 e. The zero-order valence-corrected chi connectivity index (χ0v) is 13.0. The maximum Gasteiger partial charge on any atom is 0.471 e. The molecule has 0 spiro atoms. The second-order valence-corrected chi connectivity index (χ2v) is 4.91. The van der Waals surface area contributed by atoms with Crippen molar-refractivity contribution in [1.82, 2.24) is 10.4 Å². The Kier molecular flexibility index (Phi) is 5.48. The monoisotopic (exact) mass is 350 g/mol. The fourth-order valence-corrected chi connectivity index (χ4v) is 1.76. The van der Waals surface area contributed by atoms with Gasteiger partial charge in [0.25, 0.3) is 5.91 Å². The molecule has 1 heterocycles. The summed E-state index contributed by atoms with van der Waals surface area (Å²) in [4.78, 5) is 26.5. The number of rotatable bonds is 4. The smallest absolute Gasteiger partial charge is 0.318 e. The Morgan fingerprint density at radius 2 is 1.76 bits per heavy atom. The van der Waals surface area contributed by atoms with Gasteiger partial charge in [-0.15, -0.1) is 0 Å². The van der Waals surface area contributed by atoms with E-state index >= 15 is 0 Å². The highest BCUT2D eigenvalue weighted by Crippen LogP contribution is 2.18. The lowest BCUT2D eigenvalue weighted by Crippen LogP contribution is -2.29. The normalized spacial score (nSPS) is 11.8. The van der Waals surface area contributed by atoms with Crippen LogP contribution in [0.2, 0.25) is 0 Å². The third-order valence-electron chi connectivity index (χ3n) is 3.07. The number of hydrazone groups is 1. The molecule has 2 aromatic rings. The highest BCUT2D eigenvalue weighted by Gasteiger charge is 2.38. The molecule has 25 heavy (non-hydrogen) atoms. The van der Waals surface area contributed by atoms with Gasteiger partial charge in [-0.3, -0.25) is 14.6 Å². The Hall–Kier alpha value is -3.23. The Bertz CT molecular complexity index is 787. The molecule has 0 aliphatic carbocycles. The number of anilines is 1. The lowest BCUT2D eigenvalue weighted by molar-refractivity contribution is -0.167. The van der Waals surface area contributed by atoms with Crippen LogP contribution >= 0.6 is 0 Å². The molecule has 0 unspecified atom stereocenters. The van der Waals surface area contributed by atoms with Gasteiger partial charge in [-0.2, -0.15) is 18.3 Å². The van der Waals surface area contributed by atoms with Gasteiger partial charge in [0.2, 0.25) is 0 Å². The molecule has 0 atom stereocenters. The van der Waals surface area contributed by atoms with Gasteiger partial charge < -0.3 is 5.32 Å². The molecule has 6 nitrogen and oxygen atoms in total. The summed E-state index contributed by atoms with van der Waals surface area (Å²) in [6, 6.07) is 8.74. The average Bonchev–Trinajstić information content (AvgIpc) is 2.60. The van der Waals surface area contributed by atoms with Crippen molar-refractivity contribution in [2.75, 3.05) is 5.32 Å². The molecule has 2 N–H and O–H groups in total. The fourth-order valence-electron chi connectivity index (χ4n) is 1.76. The van der Waals surface area contributed by atoms with Crippen molar-refractivity contribution in [2.45, 2.75) is 13.1 Å². The van der Waals surface area contributed by atoms with Crippen LogP contribution < -0.4 is 10.7 Å². The molecule has 9 heteroatoms. The topological polar surface area (TPSA) is 83.4 Å². The highest BCUT2D eigenvalue weighted by molar-refractivity contribution is 6.01. The standard InChI is InChI=1S/C16H13F3N4O2/c1-10(22-23-14(24)12-3-2-8-20-9-12)11-4-6-13(7-5-11)21-15(25)16(17,18)19/h2-9H,1H3,(H,21,25)(H,23,24)/b22-10-. The molecule has 2 amide bonds. The number of hydrogen-bond acceptors (Lipinski definition) is 4. The predicted molar refractivity (Wildman–Crippen MR) is 85.0 cm³/mol. The van der Waals surface area contributed by atoms with Crippen molar-refractivity contribution < 1.29 is 22.8 Å². The van der Waals surface area contributed by atoms with Crippen LogP contribution in [0.3, 0.4) is 0 Å². The number of benzene rings is 1. The van der Waals surface area contributed by atoms with E-state index in [1.54, 1.807) is 24.4 Å². The molecule has 0 bridgehead atoms. The van der Waals surface area contributed by atoms with E-state index in [0.29, 0.717) is 16.8 Å². The van der Waals surface area contributed by atoms with E-state index in [-0.39, 0.29) is 5.69 Å². The Balaban J connectivity index is 2.01. The van der Waals surface area contributed by atoms with Crippen LogP contribution in [0.5, 0.6) is 0 Å². The van der Waals surface area contributed by atoms with Crippen molar-refractivity contribution in [3.05, 3.63) is 59.9 Å². The highest BCUT2D eigenvalue weighted by atomic mass is 19.4. The number of carbonyl (C=O) groups excluding carboxylic acids is 2. The first-order chi connectivity index (χ1) is 11.8. The van der Waals surface area contributed by atoms with E-state index in [2.05, 4.69) is 15.5 Å². The molecule has 0 aliphatic rings. The second kappa shape index (κ2) is 7.56. The zero-order chi connectivity index (χ0) is 18.4. The van der Waals surface area contributed by atoms with Crippen LogP contribution in [0, 0.1) is 0 Å². The Morgan fingerprint density at radius 3 is 2.32 bits per heavy atom. The Morgan fingerprint density at radius 1 is 1.08 bits per heavy atom. The quantitative estimate of drug-likeness (QED) is 0.657. The van der Waals surface area contributed by atoms with Crippen molar-refractivity contribution in [3.63, 3.8) is 0 Å². The number of nitrogens with one attached hydrogen (secondary N) is 2. The van der Waals surface area contributed by atoms with Gasteiger partial charge in [0.15, 0.2) is 0 Å². The summed E-state index contributed by atoms with van der Waals surface area (Å²) in [5, 5.41) is 5.66. The first-order valence-corrected chi connectivity index (χ1v) is 7.00. The summed E-state index contributed by atoms with van der Waals surface area (Å²) in [5.41, 5.74) is 3.69. The minimum Gasteiger partial charge on any atom is -0.318 e. The summed E-state index contributed by atoms with van der Waals surface area (Å²) in [7, 11) is 0. The molecule has 1 aromatic heterocycles. The summed E-state index contributed by atoms with van der Waals surface area (Å²) in [5.74, 6) is -2.49. The third kappa shape index (κ3) is 5.13. The summed E-state index contributed by atoms with van der Waals surface area (Å²) in [6.45, 7) is 1.62. The van der Waals surface area contributed by atoms with Gasteiger partial charge in [-0.05, 0) is 36.8 Å². The number of amides is 2. The first-order valence-electron chi connectivity index (χ1n) is 7.00. The van der Waals surface area contributed by atoms with Crippen LogP contribution in [0.15, 0.2) is 53.9 Å². The minimum atomic E-state index is -4.95. The number of hydrogen-bond donors (Lipinski definition) is 2. The number of alkyl halides is 3. The Labute approximate surface area is 140 Å². The van der Waals surface area contributed by atoms with Crippen molar-refractivity contribution in [3.8, 4) is 0 Å². The molecular formula is C16H13F3N4O2. The molecule has 0 saturated heterocycles. The number of nitrogens with zero attached hydrogens (tertiary/aromatic N) is 2. The molecule has 0 aliphatic heterocycles. The molecule has 0 fully saturated rings. The average molecular weight is 350 g/mol. The molecule has 130 valence electrons. The molecule has 1 aromatic carbocycles. The fraction of sp³-hybridized carbons (Fsp3) is 0.125. The van der Waals surface area contributed by atoms with E-state index in [1.165, 1.54) is 36.7 Å². The third-order valence-corrected chi connectivity index (χ3v) is 3.07. The summed E-state index contributed by atoms with van der Waals surface area (Å²) < 4.78 is 36.5. The van der Waals surface area contributed by atoms with Crippen LogP contribution in [-0.2, 0) is 4.79 Å². The lowest BCUT2D eigenvalue weighted by Gasteiger charge is -2.08. The van der Waals surface area contributed by atoms with Crippen molar-refractivity contribution in [1.29, 1.82) is 0 Å². The minimum absolute atomic E-state index is 0.00160. The number of carbonyl (C=O) groups is 2. The van der Waals surface area contributed by atoms with Crippen molar-refractivity contribution in [2.24, 2.45) is 5.10 Å². The van der Waals surface area contributed by atoms with Crippen molar-refractivity contribution >= 4 is 23.2 Å². The van der Waals surface area contributed by atoms with Gasteiger partial charge in [-0.25, -0.2) is 5.43 Å². The summed E-state index contributed by atoms with van der Waals surface area (Å²) in [6.07, 6.45) is -2.03. The molecule has 0 saturated carbocycles. The summed E-state index contributed by atoms with van der Waals surface area (Å²) >= 11 is 0. The van der Waals surface area contributed by atoms with E-state index < -0.39 is 18.0 Å². The lowest BCUT2D eigenvalue weighted by atomic mass is 10.1. The van der Waals surface area contributed by atoms with Crippen LogP contribution in [0.1, 0.15) is 22.8 Å². The maximum atomic E-state index is 12.2. The second-order valence-electron chi connectivity index (χ2n) is 4.91. The van der Waals surface area contributed by atoms with Crippen LogP contribution in [-0.4, -0.2) is 28.7 Å². The maximum absolute atomic E-state index is 12.2. The van der Waals surface area contributed by atoms with E-state index in [9.17, 15) is 22.8 Å². The van der Waals surface area contributed by atoms with E-state index in [4.69, 9.17) is 0 Å². The predicted octanol–water partition coefficient (Wildman–Crippen LogP) is 2.74. The molecular weight excluding hydrogens is 337 g/mol. The van der Waals surface area contributed by atoms with Crippen LogP contribution in [0.4, 0.5) is 18.9 Å². The van der Waals surface area contributed by atoms with Gasteiger partial charge in [-0.1, -0.05) is 12.1 Å². The van der Waals surface area contributed by atoms with Gasteiger partial charge >= 0.3 is 12.1 Å². The number of aromatic nitrogens is 1. The van der Waals surface area contributed by atoms with E-state index in [1.807, 2.05) is 0 Å². The SMILES string of the molecule is C/C(=N/NC(=O)c1cccnc1)c1ccc(NC(=O)C(F)(F)F)cc1. The van der Waals surface area contributed by atoms with Gasteiger partial charge in [0.05, 0.1) is 11.3 Å². The van der Waals surface area contributed by atoms with Gasteiger partial charge in [0.1, 0.15) is 0 Å². The number of pyridine rings is 1. The first kappa shape index (κ1) is 18.1. The molecule has 2 rings (SSSR count).